The second kappa shape index (κ2) is 5.24. The molecule has 1 aromatic heterocycles. The van der Waals surface area contributed by atoms with Crippen LogP contribution in [0.15, 0.2) is 48.5 Å². The number of ether oxygens (including phenoxy) is 1. The Morgan fingerprint density at radius 2 is 1.83 bits per heavy atom. The first kappa shape index (κ1) is 11.9. The van der Waals surface area contributed by atoms with Gasteiger partial charge in [-0.2, -0.15) is 0 Å². The number of thiazole rings is 1. The van der Waals surface area contributed by atoms with Gasteiger partial charge < -0.3 is 4.74 Å². The minimum atomic E-state index is 0.528. The molecule has 0 bridgehead atoms. The maximum Gasteiger partial charge on any atom is 0.140 e. The lowest BCUT2D eigenvalue weighted by molar-refractivity contribution is 0.306. The zero-order chi connectivity index (χ0) is 12.4. The number of benzene rings is 2. The standard InChI is InChI=1S/C14H10INOS/c15-10-5-7-11(8-6-10)17-9-14-16-12-3-1-2-4-13(12)18-14/h1-8H,9H2. The van der Waals surface area contributed by atoms with Gasteiger partial charge in [-0.05, 0) is 59.0 Å². The van der Waals surface area contributed by atoms with Crippen molar-refractivity contribution in [2.75, 3.05) is 0 Å². The molecule has 0 amide bonds. The Hall–Kier alpha value is -1.14. The van der Waals surface area contributed by atoms with Crippen LogP contribution in [-0.2, 0) is 6.61 Å². The quantitative estimate of drug-likeness (QED) is 0.637. The summed E-state index contributed by atoms with van der Waals surface area (Å²) in [6.45, 7) is 0.528. The summed E-state index contributed by atoms with van der Waals surface area (Å²) in [6, 6.07) is 16.2. The van der Waals surface area contributed by atoms with Crippen molar-refractivity contribution >= 4 is 44.1 Å². The van der Waals surface area contributed by atoms with E-state index in [2.05, 4.69) is 33.6 Å². The summed E-state index contributed by atoms with van der Waals surface area (Å²) < 4.78 is 8.14. The molecule has 0 saturated heterocycles. The van der Waals surface area contributed by atoms with E-state index in [0.29, 0.717) is 6.61 Å². The van der Waals surface area contributed by atoms with Gasteiger partial charge >= 0.3 is 0 Å². The lowest BCUT2D eigenvalue weighted by Crippen LogP contribution is -1.94. The maximum atomic E-state index is 5.72. The zero-order valence-electron chi connectivity index (χ0n) is 9.47. The van der Waals surface area contributed by atoms with Crippen LogP contribution in [0.1, 0.15) is 5.01 Å². The zero-order valence-corrected chi connectivity index (χ0v) is 12.4. The largest absolute Gasteiger partial charge is 0.486 e. The first-order valence-corrected chi connectivity index (χ1v) is 7.43. The van der Waals surface area contributed by atoms with Crippen LogP contribution in [0.3, 0.4) is 0 Å². The molecule has 4 heteroatoms. The van der Waals surface area contributed by atoms with Crippen LogP contribution in [0.2, 0.25) is 0 Å². The first-order chi connectivity index (χ1) is 8.81. The molecule has 0 saturated carbocycles. The third-order valence-corrected chi connectivity index (χ3v) is 4.24. The molecule has 0 N–H and O–H groups in total. The number of halogens is 1. The molecular formula is C14H10INOS. The molecule has 0 aliphatic rings. The first-order valence-electron chi connectivity index (χ1n) is 5.54. The molecule has 0 spiro atoms. The van der Waals surface area contributed by atoms with E-state index in [1.165, 1.54) is 8.27 Å². The molecule has 0 aliphatic heterocycles. The van der Waals surface area contributed by atoms with Gasteiger partial charge in [-0.15, -0.1) is 11.3 Å². The Morgan fingerprint density at radius 3 is 2.61 bits per heavy atom. The van der Waals surface area contributed by atoms with E-state index in [9.17, 15) is 0 Å². The molecule has 0 atom stereocenters. The van der Waals surface area contributed by atoms with Gasteiger partial charge in [-0.1, -0.05) is 12.1 Å². The number of hydrogen-bond acceptors (Lipinski definition) is 3. The van der Waals surface area contributed by atoms with E-state index >= 15 is 0 Å². The number of nitrogens with zero attached hydrogens (tertiary/aromatic N) is 1. The average Bonchev–Trinajstić information content (AvgIpc) is 2.81. The Morgan fingerprint density at radius 1 is 1.06 bits per heavy atom. The Labute approximate surface area is 123 Å². The maximum absolute atomic E-state index is 5.72. The van der Waals surface area contributed by atoms with E-state index in [0.717, 1.165) is 16.3 Å². The van der Waals surface area contributed by atoms with Crippen molar-refractivity contribution in [2.45, 2.75) is 6.61 Å². The van der Waals surface area contributed by atoms with E-state index in [-0.39, 0.29) is 0 Å². The van der Waals surface area contributed by atoms with Gasteiger partial charge in [0, 0.05) is 3.57 Å². The predicted molar refractivity (Wildman–Crippen MR) is 83.1 cm³/mol. The molecular weight excluding hydrogens is 357 g/mol. The summed E-state index contributed by atoms with van der Waals surface area (Å²) in [5.74, 6) is 0.884. The molecule has 0 aliphatic carbocycles. The van der Waals surface area contributed by atoms with Crippen LogP contribution < -0.4 is 4.74 Å². The van der Waals surface area contributed by atoms with Gasteiger partial charge in [0.1, 0.15) is 17.4 Å². The summed E-state index contributed by atoms with van der Waals surface area (Å²) in [6.07, 6.45) is 0. The predicted octanol–water partition coefficient (Wildman–Crippen LogP) is 4.48. The van der Waals surface area contributed by atoms with Crippen molar-refractivity contribution in [2.24, 2.45) is 0 Å². The van der Waals surface area contributed by atoms with Crippen LogP contribution in [0.4, 0.5) is 0 Å². The highest BCUT2D eigenvalue weighted by Crippen LogP contribution is 2.23. The van der Waals surface area contributed by atoms with Crippen LogP contribution in [0.5, 0.6) is 5.75 Å². The molecule has 3 aromatic rings. The lowest BCUT2D eigenvalue weighted by Gasteiger charge is -2.03. The summed E-state index contributed by atoms with van der Waals surface area (Å²) in [4.78, 5) is 4.54. The third-order valence-electron chi connectivity index (χ3n) is 2.51. The minimum absolute atomic E-state index is 0.528. The Kier molecular flexibility index (Phi) is 3.47. The smallest absolute Gasteiger partial charge is 0.140 e. The third kappa shape index (κ3) is 2.64. The van der Waals surface area contributed by atoms with Crippen LogP contribution >= 0.6 is 33.9 Å². The fraction of sp³-hybridized carbons (Fsp3) is 0.0714. The Bertz CT molecular complexity index is 630. The molecule has 3 rings (SSSR count). The summed E-state index contributed by atoms with van der Waals surface area (Å²) >= 11 is 3.96. The fourth-order valence-electron chi connectivity index (χ4n) is 1.66. The molecule has 90 valence electrons. The van der Waals surface area contributed by atoms with Gasteiger partial charge in [0.2, 0.25) is 0 Å². The van der Waals surface area contributed by atoms with Crippen LogP contribution in [-0.4, -0.2) is 4.98 Å². The number of aromatic nitrogens is 1. The van der Waals surface area contributed by atoms with E-state index < -0.39 is 0 Å². The molecule has 0 fully saturated rings. The average molecular weight is 367 g/mol. The number of para-hydroxylation sites is 1. The minimum Gasteiger partial charge on any atom is -0.486 e. The lowest BCUT2D eigenvalue weighted by atomic mass is 10.3. The van der Waals surface area contributed by atoms with Crippen LogP contribution in [0, 0.1) is 3.57 Å². The van der Waals surface area contributed by atoms with Crippen LogP contribution in [0.25, 0.3) is 10.2 Å². The highest BCUT2D eigenvalue weighted by molar-refractivity contribution is 14.1. The summed E-state index contributed by atoms with van der Waals surface area (Å²) in [7, 11) is 0. The normalized spacial score (nSPS) is 10.7. The van der Waals surface area contributed by atoms with Crippen molar-refractivity contribution in [3.63, 3.8) is 0 Å². The molecule has 2 aromatic carbocycles. The highest BCUT2D eigenvalue weighted by atomic mass is 127. The van der Waals surface area contributed by atoms with Gasteiger partial charge in [-0.25, -0.2) is 4.98 Å². The summed E-state index contributed by atoms with van der Waals surface area (Å²) in [5, 5.41) is 1.01. The van der Waals surface area contributed by atoms with Crippen molar-refractivity contribution < 1.29 is 4.74 Å². The van der Waals surface area contributed by atoms with Gasteiger partial charge in [0.25, 0.3) is 0 Å². The van der Waals surface area contributed by atoms with Gasteiger partial charge in [0.05, 0.1) is 10.2 Å². The van der Waals surface area contributed by atoms with E-state index in [4.69, 9.17) is 4.74 Å². The van der Waals surface area contributed by atoms with Gasteiger partial charge in [-0.3, -0.25) is 0 Å². The molecule has 1 heterocycles. The Balaban J connectivity index is 1.74. The SMILES string of the molecule is Ic1ccc(OCc2nc3ccccc3s2)cc1. The number of hydrogen-bond donors (Lipinski definition) is 0. The molecule has 18 heavy (non-hydrogen) atoms. The topological polar surface area (TPSA) is 22.1 Å². The van der Waals surface area contributed by atoms with Gasteiger partial charge in [0.15, 0.2) is 0 Å². The molecule has 0 unspecified atom stereocenters. The monoisotopic (exact) mass is 367 g/mol. The molecule has 0 radical (unpaired) electrons. The van der Waals surface area contributed by atoms with Crippen molar-refractivity contribution in [3.8, 4) is 5.75 Å². The summed E-state index contributed by atoms with van der Waals surface area (Å²) in [5.41, 5.74) is 1.05. The van der Waals surface area contributed by atoms with Crippen molar-refractivity contribution in [1.82, 2.24) is 4.98 Å². The van der Waals surface area contributed by atoms with Crippen molar-refractivity contribution in [3.05, 3.63) is 57.1 Å². The van der Waals surface area contributed by atoms with E-state index in [1.807, 2.05) is 42.5 Å². The highest BCUT2D eigenvalue weighted by Gasteiger charge is 2.03. The van der Waals surface area contributed by atoms with E-state index in [1.54, 1.807) is 11.3 Å². The number of rotatable bonds is 3. The second-order valence-corrected chi connectivity index (χ2v) is 6.18. The molecule has 2 nitrogen and oxygen atoms in total. The van der Waals surface area contributed by atoms with Crippen molar-refractivity contribution in [1.29, 1.82) is 0 Å². The number of fused-ring (bicyclic) bond motifs is 1. The fourth-order valence-corrected chi connectivity index (χ4v) is 2.90. The second-order valence-electron chi connectivity index (χ2n) is 3.82.